The quantitative estimate of drug-likeness (QED) is 0.494. The molecule has 4 rings (SSSR count). The van der Waals surface area contributed by atoms with Gasteiger partial charge in [0.25, 0.3) is 0 Å². The zero-order chi connectivity index (χ0) is 21.5. The van der Waals surface area contributed by atoms with Gasteiger partial charge in [-0.3, -0.25) is 9.80 Å². The van der Waals surface area contributed by atoms with Crippen molar-refractivity contribution >= 4 is 46.3 Å². The predicted octanol–water partition coefficient (Wildman–Crippen LogP) is 6.22. The van der Waals surface area contributed by atoms with Crippen molar-refractivity contribution in [1.29, 1.82) is 0 Å². The normalized spacial score (nSPS) is 21.0. The number of benzene rings is 3. The number of carbonyl (C=O) groups is 1. The molecule has 7 heteroatoms. The molecule has 1 saturated heterocycles. The Morgan fingerprint density at radius 2 is 1.53 bits per heavy atom. The molecule has 0 spiro atoms. The Morgan fingerprint density at radius 3 is 2.10 bits per heavy atom. The highest BCUT2D eigenvalue weighted by molar-refractivity contribution is 6.31. The Hall–Kier alpha value is -3.04. The maximum atomic E-state index is 13.6. The van der Waals surface area contributed by atoms with Crippen LogP contribution in [0, 0.1) is 6.57 Å². The van der Waals surface area contributed by atoms with Crippen LogP contribution in [0.25, 0.3) is 4.85 Å². The van der Waals surface area contributed by atoms with Crippen LogP contribution in [0.15, 0.2) is 72.8 Å². The zero-order valence-corrected chi connectivity index (χ0v) is 17.5. The smallest absolute Gasteiger partial charge is 0.332 e. The van der Waals surface area contributed by atoms with Crippen molar-refractivity contribution in [1.82, 2.24) is 0 Å². The van der Waals surface area contributed by atoms with Gasteiger partial charge in [-0.25, -0.2) is 9.64 Å². The van der Waals surface area contributed by atoms with Gasteiger partial charge in [0.1, 0.15) is 0 Å². The largest absolute Gasteiger partial charge is 0.365 e. The molecule has 3 aromatic carbocycles. The van der Waals surface area contributed by atoms with Crippen LogP contribution in [0.2, 0.25) is 10.0 Å². The topological polar surface area (TPSA) is 48.1 Å². The van der Waals surface area contributed by atoms with Gasteiger partial charge in [0.15, 0.2) is 11.4 Å². The van der Waals surface area contributed by atoms with E-state index in [1.165, 1.54) is 9.80 Å². The summed E-state index contributed by atoms with van der Waals surface area (Å²) >= 11 is 12.0. The van der Waals surface area contributed by atoms with Crippen LogP contribution in [-0.2, 0) is 5.72 Å². The summed E-state index contributed by atoms with van der Waals surface area (Å²) in [6.07, 6.45) is 0. The molecule has 0 bridgehead atoms. The van der Waals surface area contributed by atoms with E-state index in [4.69, 9.17) is 29.8 Å². The Labute approximate surface area is 184 Å². The second-order valence-corrected chi connectivity index (χ2v) is 7.88. The molecule has 2 atom stereocenters. The summed E-state index contributed by atoms with van der Waals surface area (Å²) in [4.78, 5) is 19.9. The average molecular weight is 438 g/mol. The molecule has 150 valence electrons. The molecule has 0 aliphatic carbocycles. The molecule has 30 heavy (non-hydrogen) atoms. The molecule has 1 fully saturated rings. The van der Waals surface area contributed by atoms with Gasteiger partial charge >= 0.3 is 6.03 Å². The molecule has 1 aliphatic rings. The monoisotopic (exact) mass is 437 g/mol. The van der Waals surface area contributed by atoms with Crippen molar-refractivity contribution in [2.75, 3.05) is 9.80 Å². The van der Waals surface area contributed by atoms with Crippen molar-refractivity contribution in [2.45, 2.75) is 18.7 Å². The van der Waals surface area contributed by atoms with E-state index >= 15 is 0 Å². The summed E-state index contributed by atoms with van der Waals surface area (Å²) in [5.41, 5.74) is 0.201. The lowest BCUT2D eigenvalue weighted by atomic mass is 9.94. The standard InChI is InChI=1S/C23H17Cl2N3O2/c1-15-23(30,16-4-3-5-19(14-16)26-2)28(21-12-8-18(25)9-13-21)22(29)27(15)20-10-6-17(24)7-11-20/h3-15,30H,1H3/t15-,23?/m0/s1. The third-order valence-electron chi connectivity index (χ3n) is 5.30. The van der Waals surface area contributed by atoms with Crippen LogP contribution in [0.4, 0.5) is 21.9 Å². The fourth-order valence-corrected chi connectivity index (χ4v) is 4.05. The number of aliphatic hydroxyl groups is 1. The van der Waals surface area contributed by atoms with E-state index in [1.807, 2.05) is 0 Å². The predicted molar refractivity (Wildman–Crippen MR) is 119 cm³/mol. The number of anilines is 2. The molecular formula is C23H17Cl2N3O2. The van der Waals surface area contributed by atoms with E-state index in [2.05, 4.69) is 4.85 Å². The summed E-state index contributed by atoms with van der Waals surface area (Å²) in [5.74, 6) is 0. The van der Waals surface area contributed by atoms with Gasteiger partial charge in [0.2, 0.25) is 0 Å². The van der Waals surface area contributed by atoms with E-state index in [-0.39, 0.29) is 0 Å². The maximum absolute atomic E-state index is 13.6. The Morgan fingerprint density at radius 1 is 0.967 bits per heavy atom. The number of rotatable bonds is 3. The van der Waals surface area contributed by atoms with Gasteiger partial charge in [-0.1, -0.05) is 41.4 Å². The maximum Gasteiger partial charge on any atom is 0.332 e. The van der Waals surface area contributed by atoms with Gasteiger partial charge in [-0.05, 0) is 67.1 Å². The lowest BCUT2D eigenvalue weighted by Crippen LogP contribution is -2.48. The van der Waals surface area contributed by atoms with E-state index in [9.17, 15) is 9.90 Å². The number of hydrogen-bond donors (Lipinski definition) is 1. The van der Waals surface area contributed by atoms with E-state index < -0.39 is 17.8 Å². The van der Waals surface area contributed by atoms with Crippen LogP contribution in [0.3, 0.4) is 0 Å². The summed E-state index contributed by atoms with van der Waals surface area (Å²) in [5, 5.41) is 13.1. The van der Waals surface area contributed by atoms with Gasteiger partial charge in [-0.2, -0.15) is 0 Å². The lowest BCUT2D eigenvalue weighted by Gasteiger charge is -2.36. The zero-order valence-electron chi connectivity index (χ0n) is 16.0. The van der Waals surface area contributed by atoms with Gasteiger partial charge in [0, 0.05) is 21.4 Å². The number of halogens is 2. The number of carbonyl (C=O) groups excluding carboxylic acids is 1. The fourth-order valence-electron chi connectivity index (χ4n) is 3.79. The minimum atomic E-state index is -1.72. The summed E-state index contributed by atoms with van der Waals surface area (Å²) in [6.45, 7) is 9.09. The van der Waals surface area contributed by atoms with Crippen LogP contribution in [0.5, 0.6) is 0 Å². The molecule has 1 N–H and O–H groups in total. The van der Waals surface area contributed by atoms with E-state index in [0.717, 1.165) is 0 Å². The highest BCUT2D eigenvalue weighted by atomic mass is 35.5. The molecule has 3 aromatic rings. The summed E-state index contributed by atoms with van der Waals surface area (Å²) in [6, 6.07) is 19.2. The molecule has 2 amide bonds. The molecule has 1 heterocycles. The number of urea groups is 1. The SMILES string of the molecule is [C-]#[N+]c1cccc(C2(O)[C@H](C)N(c3ccc(Cl)cc3)C(=O)N2c2ccc(Cl)cc2)c1. The third-order valence-corrected chi connectivity index (χ3v) is 5.80. The van der Waals surface area contributed by atoms with E-state index in [1.54, 1.807) is 79.7 Å². The van der Waals surface area contributed by atoms with Crippen LogP contribution in [0.1, 0.15) is 12.5 Å². The molecule has 1 aliphatic heterocycles. The summed E-state index contributed by atoms with van der Waals surface area (Å²) in [7, 11) is 0. The fraction of sp³-hybridized carbons (Fsp3) is 0.130. The highest BCUT2D eigenvalue weighted by Gasteiger charge is 2.56. The minimum absolute atomic E-state index is 0.376. The van der Waals surface area contributed by atoms with Crippen molar-refractivity contribution in [2.24, 2.45) is 0 Å². The van der Waals surface area contributed by atoms with Crippen molar-refractivity contribution in [3.05, 3.63) is 99.8 Å². The lowest BCUT2D eigenvalue weighted by molar-refractivity contribution is 0.0373. The number of hydrogen-bond acceptors (Lipinski definition) is 2. The third kappa shape index (κ3) is 3.20. The molecule has 5 nitrogen and oxygen atoms in total. The van der Waals surface area contributed by atoms with Crippen LogP contribution in [-0.4, -0.2) is 17.2 Å². The average Bonchev–Trinajstić information content (AvgIpc) is 2.96. The Kier molecular flexibility index (Phi) is 5.17. The van der Waals surface area contributed by atoms with Crippen LogP contribution >= 0.6 is 23.2 Å². The molecule has 0 radical (unpaired) electrons. The first kappa shape index (κ1) is 20.2. The first-order chi connectivity index (χ1) is 14.4. The van der Waals surface area contributed by atoms with E-state index in [0.29, 0.717) is 32.7 Å². The highest BCUT2D eigenvalue weighted by Crippen LogP contribution is 2.45. The molecule has 0 aromatic heterocycles. The molecule has 1 unspecified atom stereocenters. The molecule has 0 saturated carbocycles. The minimum Gasteiger partial charge on any atom is -0.365 e. The number of amides is 2. The van der Waals surface area contributed by atoms with Gasteiger partial charge in [0.05, 0.1) is 12.6 Å². The first-order valence-corrected chi connectivity index (χ1v) is 9.97. The van der Waals surface area contributed by atoms with Gasteiger partial charge < -0.3 is 5.11 Å². The first-order valence-electron chi connectivity index (χ1n) is 9.21. The van der Waals surface area contributed by atoms with Crippen LogP contribution < -0.4 is 9.80 Å². The second-order valence-electron chi connectivity index (χ2n) is 7.01. The summed E-state index contributed by atoms with van der Waals surface area (Å²) < 4.78 is 0. The van der Waals surface area contributed by atoms with Crippen molar-refractivity contribution in [3.63, 3.8) is 0 Å². The number of nitrogens with zero attached hydrogens (tertiary/aromatic N) is 3. The second kappa shape index (κ2) is 7.66. The van der Waals surface area contributed by atoms with Crippen molar-refractivity contribution in [3.8, 4) is 0 Å². The Bertz CT molecular complexity index is 1140. The van der Waals surface area contributed by atoms with Crippen molar-refractivity contribution < 1.29 is 9.90 Å². The Balaban J connectivity index is 1.91. The van der Waals surface area contributed by atoms with Gasteiger partial charge in [-0.15, -0.1) is 0 Å². The molecular weight excluding hydrogens is 421 g/mol.